The lowest BCUT2D eigenvalue weighted by molar-refractivity contribution is -0.124. The van der Waals surface area contributed by atoms with Crippen LogP contribution in [-0.4, -0.2) is 25.5 Å². The number of nitrogens with one attached hydrogen (secondary N) is 1. The molecule has 1 amide bonds. The third kappa shape index (κ3) is 3.08. The van der Waals surface area contributed by atoms with Crippen molar-refractivity contribution >= 4 is 17.6 Å². The second kappa shape index (κ2) is 6.26. The van der Waals surface area contributed by atoms with Gasteiger partial charge in [-0.25, -0.2) is 4.79 Å². The fourth-order valence-electron chi connectivity index (χ4n) is 2.83. The summed E-state index contributed by atoms with van der Waals surface area (Å²) in [5.41, 5.74) is 7.33. The van der Waals surface area contributed by atoms with E-state index in [1.54, 1.807) is 18.2 Å². The molecule has 5 nitrogen and oxygen atoms in total. The van der Waals surface area contributed by atoms with E-state index in [2.05, 4.69) is 5.32 Å². The first-order valence-corrected chi connectivity index (χ1v) is 7.23. The van der Waals surface area contributed by atoms with Gasteiger partial charge in [-0.3, -0.25) is 4.79 Å². The Labute approximate surface area is 124 Å². The molecule has 1 aromatic rings. The predicted octanol–water partition coefficient (Wildman–Crippen LogP) is 2.24. The van der Waals surface area contributed by atoms with Crippen LogP contribution in [0, 0.1) is 12.3 Å². The number of hydrogen-bond donors (Lipinski definition) is 2. The van der Waals surface area contributed by atoms with E-state index in [1.807, 2.05) is 6.92 Å². The molecule has 0 radical (unpaired) electrons. The highest BCUT2D eigenvalue weighted by atomic mass is 16.5. The number of hydrogen-bond acceptors (Lipinski definition) is 4. The van der Waals surface area contributed by atoms with Crippen molar-refractivity contribution in [2.45, 2.75) is 32.6 Å². The molecule has 3 N–H and O–H groups in total. The molecular weight excluding hydrogens is 268 g/mol. The topological polar surface area (TPSA) is 81.4 Å². The number of amides is 1. The number of carbonyl (C=O) groups is 2. The number of ether oxygens (including phenoxy) is 1. The smallest absolute Gasteiger partial charge is 0.337 e. The number of anilines is 1. The Morgan fingerprint density at radius 1 is 1.33 bits per heavy atom. The molecule has 1 aliphatic rings. The summed E-state index contributed by atoms with van der Waals surface area (Å²) in [5, 5.41) is 2.94. The molecule has 0 heterocycles. The van der Waals surface area contributed by atoms with Crippen LogP contribution in [0.2, 0.25) is 0 Å². The predicted molar refractivity (Wildman–Crippen MR) is 81.1 cm³/mol. The van der Waals surface area contributed by atoms with E-state index in [4.69, 9.17) is 10.5 Å². The summed E-state index contributed by atoms with van der Waals surface area (Å²) in [6.45, 7) is 2.25. The zero-order valence-corrected chi connectivity index (χ0v) is 12.6. The molecule has 0 atom stereocenters. The summed E-state index contributed by atoms with van der Waals surface area (Å²) < 4.78 is 4.71. The lowest BCUT2D eigenvalue weighted by Crippen LogP contribution is -2.40. The quantitative estimate of drug-likeness (QED) is 0.833. The average Bonchev–Trinajstić information content (AvgIpc) is 2.98. The number of aryl methyl sites for hydroxylation is 1. The molecule has 1 aromatic carbocycles. The largest absolute Gasteiger partial charge is 0.465 e. The van der Waals surface area contributed by atoms with Gasteiger partial charge in [0.15, 0.2) is 0 Å². The van der Waals surface area contributed by atoms with Gasteiger partial charge in [0.2, 0.25) is 5.91 Å². The third-order valence-corrected chi connectivity index (χ3v) is 4.34. The fraction of sp³-hybridized carbons (Fsp3) is 0.500. The van der Waals surface area contributed by atoms with Crippen LogP contribution in [0.1, 0.15) is 41.6 Å². The summed E-state index contributed by atoms with van der Waals surface area (Å²) in [6.07, 6.45) is 3.72. The first kappa shape index (κ1) is 15.5. The molecule has 0 bridgehead atoms. The summed E-state index contributed by atoms with van der Waals surface area (Å²) in [4.78, 5) is 24.1. The highest BCUT2D eigenvalue weighted by Gasteiger charge is 2.39. The van der Waals surface area contributed by atoms with E-state index in [0.717, 1.165) is 31.2 Å². The molecule has 1 saturated carbocycles. The number of rotatable bonds is 4. The average molecular weight is 290 g/mol. The van der Waals surface area contributed by atoms with Crippen molar-refractivity contribution in [2.75, 3.05) is 19.0 Å². The lowest BCUT2D eigenvalue weighted by Gasteiger charge is -2.26. The Morgan fingerprint density at radius 2 is 2.00 bits per heavy atom. The second-order valence-electron chi connectivity index (χ2n) is 5.67. The Morgan fingerprint density at radius 3 is 2.57 bits per heavy atom. The minimum atomic E-state index is -0.465. The minimum Gasteiger partial charge on any atom is -0.465 e. The Kier molecular flexibility index (Phi) is 4.63. The summed E-state index contributed by atoms with van der Waals surface area (Å²) in [5.74, 6) is -0.465. The number of methoxy groups -OCH3 is 1. The SMILES string of the molecule is COC(=O)c1ccc(C)c(NC(=O)C2(CN)CCCC2)c1. The van der Waals surface area contributed by atoms with Gasteiger partial charge in [0.25, 0.3) is 0 Å². The van der Waals surface area contributed by atoms with Gasteiger partial charge in [-0.05, 0) is 37.5 Å². The monoisotopic (exact) mass is 290 g/mol. The molecular formula is C16H22N2O3. The molecule has 1 fully saturated rings. The van der Waals surface area contributed by atoms with E-state index in [1.165, 1.54) is 7.11 Å². The molecule has 0 unspecified atom stereocenters. The maximum atomic E-state index is 12.6. The Bertz CT molecular complexity index is 548. The van der Waals surface area contributed by atoms with Crippen molar-refractivity contribution in [3.05, 3.63) is 29.3 Å². The van der Waals surface area contributed by atoms with Gasteiger partial charge in [0.1, 0.15) is 0 Å². The van der Waals surface area contributed by atoms with Gasteiger partial charge in [-0.1, -0.05) is 18.9 Å². The molecule has 0 saturated heterocycles. The maximum absolute atomic E-state index is 12.6. The molecule has 0 aliphatic heterocycles. The van der Waals surface area contributed by atoms with Gasteiger partial charge < -0.3 is 15.8 Å². The van der Waals surface area contributed by atoms with Crippen LogP contribution < -0.4 is 11.1 Å². The summed E-state index contributed by atoms with van der Waals surface area (Å²) in [6, 6.07) is 5.13. The van der Waals surface area contributed by atoms with Crippen molar-refractivity contribution in [3.63, 3.8) is 0 Å². The van der Waals surface area contributed by atoms with Crippen LogP contribution in [0.5, 0.6) is 0 Å². The second-order valence-corrected chi connectivity index (χ2v) is 5.67. The molecule has 0 aromatic heterocycles. The van der Waals surface area contributed by atoms with Crippen LogP contribution >= 0.6 is 0 Å². The number of esters is 1. The number of carbonyl (C=O) groups excluding carboxylic acids is 2. The Balaban J connectivity index is 2.22. The zero-order chi connectivity index (χ0) is 15.5. The first-order chi connectivity index (χ1) is 10.0. The van der Waals surface area contributed by atoms with Gasteiger partial charge in [0.05, 0.1) is 18.1 Å². The summed E-state index contributed by atoms with van der Waals surface area (Å²) >= 11 is 0. The van der Waals surface area contributed by atoms with Gasteiger partial charge in [0, 0.05) is 12.2 Å². The lowest BCUT2D eigenvalue weighted by atomic mass is 9.85. The van der Waals surface area contributed by atoms with Crippen LogP contribution in [0.3, 0.4) is 0 Å². The van der Waals surface area contributed by atoms with Crippen LogP contribution in [0.25, 0.3) is 0 Å². The minimum absolute atomic E-state index is 0.0485. The van der Waals surface area contributed by atoms with E-state index in [9.17, 15) is 9.59 Å². The highest BCUT2D eigenvalue weighted by molar-refractivity contribution is 5.98. The van der Waals surface area contributed by atoms with Crippen LogP contribution in [0.15, 0.2) is 18.2 Å². The van der Waals surface area contributed by atoms with Crippen molar-refractivity contribution in [1.29, 1.82) is 0 Å². The van der Waals surface area contributed by atoms with E-state index >= 15 is 0 Å². The van der Waals surface area contributed by atoms with Crippen molar-refractivity contribution in [2.24, 2.45) is 11.1 Å². The van der Waals surface area contributed by atoms with E-state index < -0.39 is 11.4 Å². The standard InChI is InChI=1S/C16H22N2O3/c1-11-5-6-12(14(19)21-2)9-13(11)18-15(20)16(10-17)7-3-4-8-16/h5-6,9H,3-4,7-8,10,17H2,1-2H3,(H,18,20). The molecule has 0 spiro atoms. The first-order valence-electron chi connectivity index (χ1n) is 7.23. The van der Waals surface area contributed by atoms with Crippen molar-refractivity contribution in [3.8, 4) is 0 Å². The van der Waals surface area contributed by atoms with Gasteiger partial charge >= 0.3 is 5.97 Å². The zero-order valence-electron chi connectivity index (χ0n) is 12.6. The van der Waals surface area contributed by atoms with Gasteiger partial charge in [-0.2, -0.15) is 0 Å². The fourth-order valence-corrected chi connectivity index (χ4v) is 2.83. The van der Waals surface area contributed by atoms with Crippen LogP contribution in [0.4, 0.5) is 5.69 Å². The van der Waals surface area contributed by atoms with Crippen molar-refractivity contribution in [1.82, 2.24) is 0 Å². The molecule has 21 heavy (non-hydrogen) atoms. The molecule has 2 rings (SSSR count). The van der Waals surface area contributed by atoms with Crippen LogP contribution in [-0.2, 0) is 9.53 Å². The van der Waals surface area contributed by atoms with Crippen molar-refractivity contribution < 1.29 is 14.3 Å². The number of nitrogens with two attached hydrogens (primary N) is 1. The highest BCUT2D eigenvalue weighted by Crippen LogP contribution is 2.38. The summed E-state index contributed by atoms with van der Waals surface area (Å²) in [7, 11) is 1.34. The van der Waals surface area contributed by atoms with E-state index in [0.29, 0.717) is 17.8 Å². The Hall–Kier alpha value is -1.88. The number of benzene rings is 1. The van der Waals surface area contributed by atoms with E-state index in [-0.39, 0.29) is 5.91 Å². The molecule has 1 aliphatic carbocycles. The maximum Gasteiger partial charge on any atom is 0.337 e. The van der Waals surface area contributed by atoms with Gasteiger partial charge in [-0.15, -0.1) is 0 Å². The normalized spacial score (nSPS) is 16.5. The molecule has 5 heteroatoms. The third-order valence-electron chi connectivity index (χ3n) is 4.34. The molecule has 114 valence electrons.